The van der Waals surface area contributed by atoms with Crippen LogP contribution in [0.5, 0.6) is 0 Å². The molecule has 0 spiro atoms. The first-order valence-electron chi connectivity index (χ1n) is 11.1. The number of hydrogen-bond donors (Lipinski definition) is 1. The molecule has 0 radical (unpaired) electrons. The quantitative estimate of drug-likeness (QED) is 0.844. The van der Waals surface area contributed by atoms with Crippen molar-refractivity contribution in [2.75, 3.05) is 0 Å². The van der Waals surface area contributed by atoms with E-state index in [2.05, 4.69) is 63.2 Å². The van der Waals surface area contributed by atoms with E-state index in [-0.39, 0.29) is 17.3 Å². The summed E-state index contributed by atoms with van der Waals surface area (Å²) in [5.74, 6) is 1.26. The van der Waals surface area contributed by atoms with E-state index in [1.807, 2.05) is 0 Å². The van der Waals surface area contributed by atoms with Crippen molar-refractivity contribution in [1.82, 2.24) is 0 Å². The Morgan fingerprint density at radius 1 is 1.07 bits per heavy atom. The third-order valence-electron chi connectivity index (χ3n) is 7.80. The number of hydrogen-bond acceptors (Lipinski definition) is 2. The average Bonchev–Trinajstić information content (AvgIpc) is 2.70. The minimum Gasteiger partial charge on any atom is -0.512 e. The van der Waals surface area contributed by atoms with Crippen LogP contribution in [0, 0.1) is 27.7 Å². The Bertz CT molecular complexity index is 1210. The molecule has 3 aliphatic carbocycles. The highest BCUT2D eigenvalue weighted by Gasteiger charge is 2.48. The van der Waals surface area contributed by atoms with Gasteiger partial charge < -0.3 is 5.11 Å². The highest BCUT2D eigenvalue weighted by molar-refractivity contribution is 5.93. The zero-order valence-corrected chi connectivity index (χ0v) is 17.7. The predicted octanol–water partition coefficient (Wildman–Crippen LogP) is 4.50. The van der Waals surface area contributed by atoms with Crippen LogP contribution in [0.2, 0.25) is 0 Å². The Morgan fingerprint density at radius 2 is 1.79 bits per heavy atom. The van der Waals surface area contributed by atoms with Crippen LogP contribution < -0.4 is 10.4 Å². The van der Waals surface area contributed by atoms with Gasteiger partial charge in [0, 0.05) is 23.0 Å². The standard InChI is InChI=1S/C27H30O2/c1-16(2)22-15-23(28)21-12-11-19-18-8-5-4-7-17(18)9-10-20(19)24(21)25(22)26(29)27(3)13-6-14-27/h4-5,7-9,11-12,16,22,25,28H,6,10,13-15H2,1-3H3. The molecule has 0 saturated heterocycles. The Kier molecular flexibility index (Phi) is 4.24. The highest BCUT2D eigenvalue weighted by Crippen LogP contribution is 2.49. The molecule has 2 nitrogen and oxygen atoms in total. The molecule has 0 bridgehead atoms. The van der Waals surface area contributed by atoms with E-state index < -0.39 is 0 Å². The van der Waals surface area contributed by atoms with Crippen LogP contribution in [-0.4, -0.2) is 10.9 Å². The Labute approximate surface area is 172 Å². The van der Waals surface area contributed by atoms with Crippen molar-refractivity contribution in [1.29, 1.82) is 0 Å². The normalized spacial score (nSPS) is 24.1. The van der Waals surface area contributed by atoms with Gasteiger partial charge in [0.05, 0.1) is 0 Å². The lowest BCUT2D eigenvalue weighted by Gasteiger charge is -2.44. The van der Waals surface area contributed by atoms with Crippen LogP contribution in [0.15, 0.2) is 36.4 Å². The minimum atomic E-state index is -0.193. The molecule has 2 aromatic rings. The fraction of sp³-hybridized carbons (Fsp3) is 0.444. The number of aliphatic hydroxyl groups excluding tert-OH is 1. The van der Waals surface area contributed by atoms with Gasteiger partial charge in [-0.1, -0.05) is 69.7 Å². The Hall–Kier alpha value is -2.35. The first-order chi connectivity index (χ1) is 13.9. The van der Waals surface area contributed by atoms with E-state index in [1.54, 1.807) is 0 Å². The van der Waals surface area contributed by atoms with Crippen LogP contribution in [-0.2, 0) is 11.2 Å². The minimum absolute atomic E-state index is 0.111. The van der Waals surface area contributed by atoms with E-state index in [1.165, 1.54) is 21.2 Å². The lowest BCUT2D eigenvalue weighted by molar-refractivity contribution is -0.135. The molecule has 1 N–H and O–H groups in total. The molecule has 0 aromatic heterocycles. The maximum Gasteiger partial charge on any atom is 0.146 e. The predicted molar refractivity (Wildman–Crippen MR) is 117 cm³/mol. The van der Waals surface area contributed by atoms with Crippen molar-refractivity contribution in [3.8, 4) is 0 Å². The molecular weight excluding hydrogens is 356 g/mol. The zero-order valence-electron chi connectivity index (χ0n) is 17.7. The summed E-state index contributed by atoms with van der Waals surface area (Å²) in [6.07, 6.45) is 6.87. The van der Waals surface area contributed by atoms with Gasteiger partial charge in [-0.2, -0.15) is 0 Å². The van der Waals surface area contributed by atoms with Gasteiger partial charge in [0.1, 0.15) is 11.5 Å². The van der Waals surface area contributed by atoms with Crippen LogP contribution in [0.25, 0.3) is 11.8 Å². The van der Waals surface area contributed by atoms with Crippen molar-refractivity contribution in [2.45, 2.75) is 58.8 Å². The van der Waals surface area contributed by atoms with E-state index >= 15 is 0 Å². The van der Waals surface area contributed by atoms with E-state index in [0.29, 0.717) is 23.9 Å². The summed E-state index contributed by atoms with van der Waals surface area (Å²) < 4.78 is 0. The van der Waals surface area contributed by atoms with Gasteiger partial charge in [0.25, 0.3) is 0 Å². The molecule has 2 heteroatoms. The highest BCUT2D eigenvalue weighted by atomic mass is 16.3. The summed E-state index contributed by atoms with van der Waals surface area (Å²) in [6.45, 7) is 6.55. The first-order valence-corrected chi connectivity index (χ1v) is 11.1. The summed E-state index contributed by atoms with van der Waals surface area (Å²) in [4.78, 5) is 13.9. The third-order valence-corrected chi connectivity index (χ3v) is 7.80. The summed E-state index contributed by atoms with van der Waals surface area (Å²) in [5, 5.41) is 15.6. The van der Waals surface area contributed by atoms with Gasteiger partial charge >= 0.3 is 0 Å². The van der Waals surface area contributed by atoms with Crippen molar-refractivity contribution in [3.05, 3.63) is 68.4 Å². The smallest absolute Gasteiger partial charge is 0.146 e. The monoisotopic (exact) mass is 386 g/mol. The number of ketones is 1. The fourth-order valence-corrected chi connectivity index (χ4v) is 5.82. The van der Waals surface area contributed by atoms with Crippen LogP contribution in [0.3, 0.4) is 0 Å². The Morgan fingerprint density at radius 3 is 2.48 bits per heavy atom. The second-order valence-electron chi connectivity index (χ2n) is 9.86. The molecule has 0 aliphatic heterocycles. The van der Waals surface area contributed by atoms with Gasteiger partial charge in [-0.3, -0.25) is 4.79 Å². The number of Topliss-reactive ketones (excluding diaryl/α,β-unsaturated/α-hetero) is 1. The van der Waals surface area contributed by atoms with Crippen molar-refractivity contribution in [2.24, 2.45) is 17.3 Å². The number of aliphatic hydroxyl groups is 1. The zero-order chi connectivity index (χ0) is 20.3. The maximum atomic E-state index is 13.9. The van der Waals surface area contributed by atoms with E-state index in [4.69, 9.17) is 0 Å². The summed E-state index contributed by atoms with van der Waals surface area (Å²) in [7, 11) is 0. The van der Waals surface area contributed by atoms with Crippen LogP contribution >= 0.6 is 0 Å². The van der Waals surface area contributed by atoms with Crippen molar-refractivity contribution < 1.29 is 9.90 Å². The molecular formula is C27H30O2. The van der Waals surface area contributed by atoms with E-state index in [0.717, 1.165) is 36.5 Å². The number of carbonyl (C=O) groups excluding carboxylic acids is 1. The summed E-state index contributed by atoms with van der Waals surface area (Å²) >= 11 is 0. The van der Waals surface area contributed by atoms with E-state index in [9.17, 15) is 9.90 Å². The molecule has 2 aromatic carbocycles. The topological polar surface area (TPSA) is 37.3 Å². The number of rotatable bonds is 3. The fourth-order valence-electron chi connectivity index (χ4n) is 5.82. The SMILES string of the molecule is CC(C)C1CC(O)=c2ccc3c(c2C1C(=O)C1(C)CCC1)CC=c1ccccc1=3. The number of fused-ring (bicyclic) bond motifs is 4. The van der Waals surface area contributed by atoms with Crippen molar-refractivity contribution >= 4 is 17.6 Å². The summed E-state index contributed by atoms with van der Waals surface area (Å²) in [5.41, 5.74) is 2.18. The van der Waals surface area contributed by atoms with Gasteiger partial charge in [-0.05, 0) is 57.9 Å². The van der Waals surface area contributed by atoms with Crippen molar-refractivity contribution in [3.63, 3.8) is 0 Å². The van der Waals surface area contributed by atoms with Crippen LogP contribution in [0.1, 0.15) is 63.5 Å². The molecule has 150 valence electrons. The van der Waals surface area contributed by atoms with Gasteiger partial charge in [0.15, 0.2) is 0 Å². The summed E-state index contributed by atoms with van der Waals surface area (Å²) in [6, 6.07) is 12.7. The molecule has 5 rings (SSSR count). The van der Waals surface area contributed by atoms with Gasteiger partial charge in [-0.15, -0.1) is 0 Å². The second-order valence-corrected chi connectivity index (χ2v) is 9.86. The molecule has 2 atom stereocenters. The lowest BCUT2D eigenvalue weighted by Crippen LogP contribution is -2.45. The Balaban J connectivity index is 1.84. The third kappa shape index (κ3) is 2.72. The first kappa shape index (κ1) is 18.7. The molecule has 0 amide bonds. The molecule has 1 fully saturated rings. The second kappa shape index (κ2) is 6.58. The molecule has 29 heavy (non-hydrogen) atoms. The van der Waals surface area contributed by atoms with Crippen LogP contribution in [0.4, 0.5) is 0 Å². The molecule has 0 heterocycles. The lowest BCUT2D eigenvalue weighted by atomic mass is 9.59. The molecule has 1 saturated carbocycles. The van der Waals surface area contributed by atoms with Gasteiger partial charge in [-0.25, -0.2) is 0 Å². The number of carbonyl (C=O) groups is 1. The maximum absolute atomic E-state index is 13.9. The molecule has 3 aliphatic rings. The van der Waals surface area contributed by atoms with Gasteiger partial charge in [0.2, 0.25) is 0 Å². The average molecular weight is 387 g/mol. The largest absolute Gasteiger partial charge is 0.512 e. The molecule has 2 unspecified atom stereocenters. The number of benzene rings is 2.